The summed E-state index contributed by atoms with van der Waals surface area (Å²) in [5, 5.41) is 3.77. The van der Waals surface area contributed by atoms with Crippen LogP contribution in [0.15, 0.2) is 39.8 Å². The van der Waals surface area contributed by atoms with E-state index < -0.39 is 12.0 Å². The second kappa shape index (κ2) is 15.7. The van der Waals surface area contributed by atoms with Crippen molar-refractivity contribution in [3.63, 3.8) is 0 Å². The van der Waals surface area contributed by atoms with Crippen molar-refractivity contribution in [2.45, 2.75) is 76.7 Å². The van der Waals surface area contributed by atoms with E-state index in [4.69, 9.17) is 24.4 Å². The Labute approximate surface area is 259 Å². The lowest BCUT2D eigenvalue weighted by Crippen LogP contribution is -2.47. The standard InChI is InChI=1S/C34H47N3O7/c1-41-18-19-42-16-5-17-43-34(40)30-21-26-20-27(12-13-29(26)44-30)36-32(38)31-28(24-6-3-2-4-7-24)14-15-37(31)33(39)25-10-8-23(22-35)9-11-25/h12-13,20-21,23,25,31H,2-11,14-19,22,35H2,1H3,(H,36,38)/t23?,25?,31-/m0/s1. The highest BCUT2D eigenvalue weighted by Crippen LogP contribution is 2.37. The fourth-order valence-corrected chi connectivity index (χ4v) is 6.86. The van der Waals surface area contributed by atoms with Crippen LogP contribution < -0.4 is 11.1 Å². The van der Waals surface area contributed by atoms with E-state index in [-0.39, 0.29) is 30.1 Å². The zero-order chi connectivity index (χ0) is 30.9. The summed E-state index contributed by atoms with van der Waals surface area (Å²) in [6, 6.07) is 6.32. The number of esters is 1. The van der Waals surface area contributed by atoms with Crippen LogP contribution in [-0.4, -0.2) is 75.4 Å². The zero-order valence-electron chi connectivity index (χ0n) is 25.9. The van der Waals surface area contributed by atoms with Crippen LogP contribution in [0, 0.1) is 11.8 Å². The summed E-state index contributed by atoms with van der Waals surface area (Å²) in [5.41, 5.74) is 9.48. The molecule has 10 nitrogen and oxygen atoms in total. The molecule has 240 valence electrons. The number of hydrogen-bond donors (Lipinski definition) is 2. The zero-order valence-corrected chi connectivity index (χ0v) is 25.9. The monoisotopic (exact) mass is 609 g/mol. The third-order valence-electron chi connectivity index (χ3n) is 9.32. The third kappa shape index (κ3) is 7.89. The minimum Gasteiger partial charge on any atom is -0.460 e. The van der Waals surface area contributed by atoms with Gasteiger partial charge in [-0.1, -0.05) is 12.0 Å². The van der Waals surface area contributed by atoms with Gasteiger partial charge in [0.05, 0.1) is 19.8 Å². The Hall–Kier alpha value is -3.21. The van der Waals surface area contributed by atoms with Crippen LogP contribution in [0.4, 0.5) is 5.69 Å². The fraction of sp³-hybridized carbons (Fsp3) is 0.618. The lowest BCUT2D eigenvalue weighted by molar-refractivity contribution is -0.140. The molecule has 0 spiro atoms. The topological polar surface area (TPSA) is 133 Å². The van der Waals surface area contributed by atoms with E-state index in [0.717, 1.165) is 63.4 Å². The number of rotatable bonds is 12. The van der Waals surface area contributed by atoms with Crippen molar-refractivity contribution in [3.05, 3.63) is 41.2 Å². The first-order chi connectivity index (χ1) is 21.5. The van der Waals surface area contributed by atoms with Gasteiger partial charge in [0, 0.05) is 43.7 Å². The molecule has 3 aliphatic rings. The minimum atomic E-state index is -0.591. The van der Waals surface area contributed by atoms with Gasteiger partial charge in [0.1, 0.15) is 11.6 Å². The normalized spacial score (nSPS) is 22.4. The van der Waals surface area contributed by atoms with E-state index in [9.17, 15) is 14.4 Å². The van der Waals surface area contributed by atoms with Crippen molar-refractivity contribution >= 4 is 34.4 Å². The van der Waals surface area contributed by atoms with Gasteiger partial charge in [0.25, 0.3) is 5.91 Å². The minimum absolute atomic E-state index is 0.0487. The number of nitrogens with two attached hydrogens (primary N) is 1. The number of methoxy groups -OCH3 is 1. The van der Waals surface area contributed by atoms with Gasteiger partial charge in [0.15, 0.2) is 0 Å². The quantitative estimate of drug-likeness (QED) is 0.190. The van der Waals surface area contributed by atoms with Gasteiger partial charge in [-0.25, -0.2) is 4.79 Å². The number of nitrogens with one attached hydrogen (secondary N) is 1. The van der Waals surface area contributed by atoms with Crippen LogP contribution in [0.2, 0.25) is 0 Å². The van der Waals surface area contributed by atoms with Gasteiger partial charge in [-0.3, -0.25) is 9.59 Å². The largest absolute Gasteiger partial charge is 0.460 e. The maximum absolute atomic E-state index is 14.0. The summed E-state index contributed by atoms with van der Waals surface area (Å²) in [6.45, 7) is 2.95. The summed E-state index contributed by atoms with van der Waals surface area (Å²) in [5.74, 6) is -0.0926. The lowest BCUT2D eigenvalue weighted by atomic mass is 9.81. The van der Waals surface area contributed by atoms with Gasteiger partial charge in [-0.15, -0.1) is 0 Å². The molecule has 2 aromatic rings. The second-order valence-corrected chi connectivity index (χ2v) is 12.3. The molecule has 0 radical (unpaired) electrons. The average molecular weight is 610 g/mol. The molecule has 2 amide bonds. The van der Waals surface area contributed by atoms with E-state index in [2.05, 4.69) is 5.32 Å². The van der Waals surface area contributed by atoms with E-state index in [1.807, 2.05) is 4.90 Å². The Morgan fingerprint density at radius 1 is 0.977 bits per heavy atom. The van der Waals surface area contributed by atoms with Crippen molar-refractivity contribution in [1.29, 1.82) is 0 Å². The number of carbonyl (C=O) groups excluding carboxylic acids is 3. The first-order valence-corrected chi connectivity index (χ1v) is 16.3. The fourth-order valence-electron chi connectivity index (χ4n) is 6.86. The molecular formula is C34H47N3O7. The highest BCUT2D eigenvalue weighted by molar-refractivity contribution is 6.02. The predicted octanol–water partition coefficient (Wildman–Crippen LogP) is 5.21. The van der Waals surface area contributed by atoms with Gasteiger partial charge in [-0.2, -0.15) is 0 Å². The predicted molar refractivity (Wildman–Crippen MR) is 167 cm³/mol. The van der Waals surface area contributed by atoms with Crippen LogP contribution in [0.1, 0.15) is 81.2 Å². The molecule has 1 atom stereocenters. The van der Waals surface area contributed by atoms with E-state index in [1.54, 1.807) is 31.4 Å². The molecule has 2 aliphatic carbocycles. The molecule has 3 fully saturated rings. The average Bonchev–Trinajstić information content (AvgIpc) is 3.69. The van der Waals surface area contributed by atoms with Crippen LogP contribution >= 0.6 is 0 Å². The molecule has 1 saturated heterocycles. The first kappa shape index (κ1) is 32.2. The number of allylic oxidation sites excluding steroid dienone is 1. The van der Waals surface area contributed by atoms with Gasteiger partial charge >= 0.3 is 5.97 Å². The second-order valence-electron chi connectivity index (χ2n) is 12.3. The number of amides is 2. The van der Waals surface area contributed by atoms with Crippen LogP contribution in [-0.2, 0) is 23.8 Å². The number of likely N-dealkylation sites (tertiary alicyclic amines) is 1. The summed E-state index contributed by atoms with van der Waals surface area (Å²) < 4.78 is 21.4. The molecule has 44 heavy (non-hydrogen) atoms. The number of fused-ring (bicyclic) bond motifs is 1. The number of anilines is 1. The van der Waals surface area contributed by atoms with Crippen LogP contribution in [0.3, 0.4) is 0 Å². The maximum atomic E-state index is 14.0. The third-order valence-corrected chi connectivity index (χ3v) is 9.32. The van der Waals surface area contributed by atoms with E-state index >= 15 is 0 Å². The van der Waals surface area contributed by atoms with Gasteiger partial charge < -0.3 is 34.6 Å². The molecule has 2 heterocycles. The highest BCUT2D eigenvalue weighted by Gasteiger charge is 2.42. The number of hydrogen-bond acceptors (Lipinski definition) is 8. The van der Waals surface area contributed by atoms with Gasteiger partial charge in [0.2, 0.25) is 11.7 Å². The van der Waals surface area contributed by atoms with Crippen LogP contribution in [0.5, 0.6) is 0 Å². The smallest absolute Gasteiger partial charge is 0.374 e. The number of carbonyl (C=O) groups is 3. The Kier molecular flexibility index (Phi) is 11.5. The van der Waals surface area contributed by atoms with Crippen molar-refractivity contribution in [2.75, 3.05) is 51.9 Å². The molecule has 10 heteroatoms. The highest BCUT2D eigenvalue weighted by atomic mass is 16.5. The first-order valence-electron chi connectivity index (χ1n) is 16.3. The maximum Gasteiger partial charge on any atom is 0.374 e. The molecular weight excluding hydrogens is 562 g/mol. The Morgan fingerprint density at radius 2 is 1.77 bits per heavy atom. The molecule has 5 rings (SSSR count). The van der Waals surface area contributed by atoms with Crippen LogP contribution in [0.25, 0.3) is 11.0 Å². The summed E-state index contributed by atoms with van der Waals surface area (Å²) in [6.07, 6.45) is 10.4. The molecule has 1 aromatic heterocycles. The van der Waals surface area contributed by atoms with Crippen molar-refractivity contribution < 1.29 is 33.0 Å². The number of ether oxygens (including phenoxy) is 3. The molecule has 3 N–H and O–H groups in total. The summed E-state index contributed by atoms with van der Waals surface area (Å²) in [7, 11) is 1.61. The van der Waals surface area contributed by atoms with Crippen molar-refractivity contribution in [2.24, 2.45) is 17.6 Å². The van der Waals surface area contributed by atoms with E-state index in [1.165, 1.54) is 12.0 Å². The Balaban J connectivity index is 1.26. The summed E-state index contributed by atoms with van der Waals surface area (Å²) in [4.78, 5) is 42.2. The Morgan fingerprint density at radius 3 is 2.52 bits per heavy atom. The van der Waals surface area contributed by atoms with E-state index in [0.29, 0.717) is 61.9 Å². The molecule has 1 aromatic carbocycles. The SMILES string of the molecule is COCCOCCCOC(=O)c1cc2cc(NC(=O)[C@@H]3C(=C4CCCCC4)CCN3C(=O)C3CCC(CN)CC3)ccc2o1. The number of benzene rings is 1. The summed E-state index contributed by atoms with van der Waals surface area (Å²) >= 11 is 0. The lowest BCUT2D eigenvalue weighted by Gasteiger charge is -2.33. The molecule has 2 saturated carbocycles. The molecule has 0 unspecified atom stereocenters. The van der Waals surface area contributed by atoms with Gasteiger partial charge in [-0.05, 0) is 100 Å². The number of furan rings is 1. The van der Waals surface area contributed by atoms with Crippen molar-refractivity contribution in [3.8, 4) is 0 Å². The van der Waals surface area contributed by atoms with Crippen molar-refractivity contribution in [1.82, 2.24) is 4.90 Å². The molecule has 1 aliphatic heterocycles. The Bertz CT molecular complexity index is 1320. The number of nitrogens with zero attached hydrogens (tertiary/aromatic N) is 1. The molecule has 0 bridgehead atoms.